The molecular formula is C15H15BrClN. The van der Waals surface area contributed by atoms with Gasteiger partial charge in [0.2, 0.25) is 0 Å². The second-order valence-corrected chi connectivity index (χ2v) is 5.43. The smallest absolute Gasteiger partial charge is 0.0417 e. The van der Waals surface area contributed by atoms with E-state index in [0.29, 0.717) is 0 Å². The van der Waals surface area contributed by atoms with Crippen LogP contribution >= 0.6 is 27.5 Å². The van der Waals surface area contributed by atoms with Crippen molar-refractivity contribution >= 4 is 33.2 Å². The van der Waals surface area contributed by atoms with Crippen molar-refractivity contribution in [3.8, 4) is 0 Å². The summed E-state index contributed by atoms with van der Waals surface area (Å²) in [6.45, 7) is 2.94. The van der Waals surface area contributed by atoms with Gasteiger partial charge in [-0.05, 0) is 41.8 Å². The lowest BCUT2D eigenvalue weighted by Gasteiger charge is -2.09. The van der Waals surface area contributed by atoms with Gasteiger partial charge in [-0.3, -0.25) is 0 Å². The molecule has 1 N–H and O–H groups in total. The maximum absolute atomic E-state index is 5.92. The first-order chi connectivity index (χ1) is 8.69. The van der Waals surface area contributed by atoms with Crippen molar-refractivity contribution in [3.05, 3.63) is 63.1 Å². The van der Waals surface area contributed by atoms with Crippen LogP contribution < -0.4 is 5.32 Å². The van der Waals surface area contributed by atoms with Crippen LogP contribution in [0.5, 0.6) is 0 Å². The monoisotopic (exact) mass is 323 g/mol. The lowest BCUT2D eigenvalue weighted by molar-refractivity contribution is 1.12. The molecule has 0 radical (unpaired) electrons. The van der Waals surface area contributed by atoms with Crippen LogP contribution in [-0.2, 0) is 13.0 Å². The highest BCUT2D eigenvalue weighted by molar-refractivity contribution is 9.10. The molecular weight excluding hydrogens is 310 g/mol. The zero-order valence-electron chi connectivity index (χ0n) is 10.2. The second kappa shape index (κ2) is 6.26. The molecule has 0 aromatic heterocycles. The molecule has 3 heteroatoms. The molecule has 18 heavy (non-hydrogen) atoms. The van der Waals surface area contributed by atoms with Gasteiger partial charge >= 0.3 is 0 Å². The molecule has 0 aliphatic rings. The van der Waals surface area contributed by atoms with Crippen molar-refractivity contribution < 1.29 is 0 Å². The van der Waals surface area contributed by atoms with E-state index < -0.39 is 0 Å². The molecule has 2 rings (SSSR count). The Kier molecular flexibility index (Phi) is 4.67. The molecule has 0 bridgehead atoms. The van der Waals surface area contributed by atoms with Gasteiger partial charge in [-0.1, -0.05) is 52.7 Å². The van der Waals surface area contributed by atoms with Gasteiger partial charge in [0, 0.05) is 21.7 Å². The molecule has 94 valence electrons. The number of halogens is 2. The summed E-state index contributed by atoms with van der Waals surface area (Å²) in [6, 6.07) is 14.4. The number of aryl methyl sites for hydroxylation is 1. The first-order valence-electron chi connectivity index (χ1n) is 5.96. The van der Waals surface area contributed by atoms with Crippen LogP contribution in [0, 0.1) is 0 Å². The molecule has 0 aliphatic heterocycles. The van der Waals surface area contributed by atoms with E-state index in [9.17, 15) is 0 Å². The van der Waals surface area contributed by atoms with Crippen molar-refractivity contribution in [2.24, 2.45) is 0 Å². The first-order valence-corrected chi connectivity index (χ1v) is 7.13. The summed E-state index contributed by atoms with van der Waals surface area (Å²) in [5.74, 6) is 0. The molecule has 2 aromatic rings. The van der Waals surface area contributed by atoms with E-state index in [4.69, 9.17) is 11.6 Å². The van der Waals surface area contributed by atoms with Crippen LogP contribution in [0.15, 0.2) is 46.9 Å². The van der Waals surface area contributed by atoms with Crippen LogP contribution in [0.2, 0.25) is 5.02 Å². The van der Waals surface area contributed by atoms with Crippen molar-refractivity contribution in [1.29, 1.82) is 0 Å². The highest BCUT2D eigenvalue weighted by atomic mass is 79.9. The number of benzene rings is 2. The van der Waals surface area contributed by atoms with Gasteiger partial charge in [-0.25, -0.2) is 0 Å². The first kappa shape index (κ1) is 13.4. The summed E-state index contributed by atoms with van der Waals surface area (Å²) in [4.78, 5) is 0. The summed E-state index contributed by atoms with van der Waals surface area (Å²) in [5.41, 5.74) is 3.68. The van der Waals surface area contributed by atoms with Crippen LogP contribution in [-0.4, -0.2) is 0 Å². The summed E-state index contributed by atoms with van der Waals surface area (Å²) in [5, 5.41) is 4.15. The molecule has 0 heterocycles. The normalized spacial score (nSPS) is 10.4. The quantitative estimate of drug-likeness (QED) is 0.807. The number of hydrogen-bond donors (Lipinski definition) is 1. The van der Waals surface area contributed by atoms with E-state index in [0.717, 1.165) is 28.1 Å². The third-order valence-electron chi connectivity index (χ3n) is 2.86. The van der Waals surface area contributed by atoms with Gasteiger partial charge < -0.3 is 5.32 Å². The maximum atomic E-state index is 5.92. The van der Waals surface area contributed by atoms with Gasteiger partial charge in [-0.15, -0.1) is 0 Å². The average Bonchev–Trinajstić information content (AvgIpc) is 2.38. The fraction of sp³-hybridized carbons (Fsp3) is 0.200. The van der Waals surface area contributed by atoms with E-state index in [1.54, 1.807) is 0 Å². The molecule has 0 spiro atoms. The van der Waals surface area contributed by atoms with Crippen molar-refractivity contribution in [3.63, 3.8) is 0 Å². The summed E-state index contributed by atoms with van der Waals surface area (Å²) >= 11 is 9.44. The highest BCUT2D eigenvalue weighted by Gasteiger charge is 2.00. The minimum absolute atomic E-state index is 0.748. The van der Waals surface area contributed by atoms with Crippen LogP contribution in [0.3, 0.4) is 0 Å². The maximum Gasteiger partial charge on any atom is 0.0417 e. The zero-order valence-corrected chi connectivity index (χ0v) is 12.6. The molecule has 0 amide bonds. The van der Waals surface area contributed by atoms with Crippen molar-refractivity contribution in [2.45, 2.75) is 19.9 Å². The van der Waals surface area contributed by atoms with Crippen molar-refractivity contribution in [1.82, 2.24) is 0 Å². The van der Waals surface area contributed by atoms with E-state index >= 15 is 0 Å². The predicted molar refractivity (Wildman–Crippen MR) is 82.3 cm³/mol. The van der Waals surface area contributed by atoms with Gasteiger partial charge in [-0.2, -0.15) is 0 Å². The van der Waals surface area contributed by atoms with Gasteiger partial charge in [0.15, 0.2) is 0 Å². The molecule has 1 nitrogen and oxygen atoms in total. The number of rotatable bonds is 4. The van der Waals surface area contributed by atoms with Gasteiger partial charge in [0.05, 0.1) is 0 Å². The Bertz CT molecular complexity index is 523. The SMILES string of the molecule is CCc1ccc(NCc2ccc(Cl)cc2Br)cc1. The summed E-state index contributed by atoms with van der Waals surface area (Å²) < 4.78 is 1.03. The minimum atomic E-state index is 0.748. The Balaban J connectivity index is 2.02. The molecule has 0 saturated heterocycles. The third kappa shape index (κ3) is 3.50. The third-order valence-corrected chi connectivity index (χ3v) is 3.83. The van der Waals surface area contributed by atoms with E-state index in [1.807, 2.05) is 18.2 Å². The Morgan fingerprint density at radius 2 is 1.83 bits per heavy atom. The van der Waals surface area contributed by atoms with Crippen molar-refractivity contribution in [2.75, 3.05) is 5.32 Å². The van der Waals surface area contributed by atoms with E-state index in [-0.39, 0.29) is 0 Å². The van der Waals surface area contributed by atoms with E-state index in [1.165, 1.54) is 11.1 Å². The lowest BCUT2D eigenvalue weighted by Crippen LogP contribution is -2.00. The zero-order chi connectivity index (χ0) is 13.0. The van der Waals surface area contributed by atoms with Crippen LogP contribution in [0.1, 0.15) is 18.1 Å². The van der Waals surface area contributed by atoms with Crippen LogP contribution in [0.4, 0.5) is 5.69 Å². The Labute approximate surface area is 121 Å². The highest BCUT2D eigenvalue weighted by Crippen LogP contribution is 2.22. The van der Waals surface area contributed by atoms with Gasteiger partial charge in [0.1, 0.15) is 0 Å². The second-order valence-electron chi connectivity index (χ2n) is 4.14. The molecule has 0 unspecified atom stereocenters. The molecule has 0 aliphatic carbocycles. The van der Waals surface area contributed by atoms with Gasteiger partial charge in [0.25, 0.3) is 0 Å². The fourth-order valence-corrected chi connectivity index (χ4v) is 2.54. The van der Waals surface area contributed by atoms with E-state index in [2.05, 4.69) is 52.4 Å². The predicted octanol–water partition coefficient (Wildman–Crippen LogP) is 5.28. The Morgan fingerprint density at radius 3 is 2.44 bits per heavy atom. The Morgan fingerprint density at radius 1 is 1.11 bits per heavy atom. The number of anilines is 1. The molecule has 0 saturated carbocycles. The fourth-order valence-electron chi connectivity index (χ4n) is 1.72. The Hall–Kier alpha value is -0.990. The summed E-state index contributed by atoms with van der Waals surface area (Å²) in [7, 11) is 0. The molecule has 0 atom stereocenters. The number of nitrogens with one attached hydrogen (secondary N) is 1. The topological polar surface area (TPSA) is 12.0 Å². The standard InChI is InChI=1S/C15H15BrClN/c1-2-11-3-7-14(8-4-11)18-10-12-5-6-13(17)9-15(12)16/h3-9,18H,2,10H2,1H3. The lowest BCUT2D eigenvalue weighted by atomic mass is 10.1. The van der Waals surface area contributed by atoms with Crippen LogP contribution in [0.25, 0.3) is 0 Å². The minimum Gasteiger partial charge on any atom is -0.381 e. The average molecular weight is 325 g/mol. The molecule has 0 fully saturated rings. The largest absolute Gasteiger partial charge is 0.381 e. The summed E-state index contributed by atoms with van der Waals surface area (Å²) in [6.07, 6.45) is 1.07. The number of hydrogen-bond acceptors (Lipinski definition) is 1. The molecule has 2 aromatic carbocycles.